The number of carbonyl (C=O) groups excluding carboxylic acids is 2. The van der Waals surface area contributed by atoms with Crippen LogP contribution in [0.25, 0.3) is 6.08 Å². The Balaban J connectivity index is 1.56. The summed E-state index contributed by atoms with van der Waals surface area (Å²) in [6, 6.07) is 10.9. The van der Waals surface area contributed by atoms with Gasteiger partial charge in [-0.1, -0.05) is 26.0 Å². The molecule has 4 N–H and O–H groups in total. The van der Waals surface area contributed by atoms with Crippen molar-refractivity contribution in [2.45, 2.75) is 58.5 Å². The maximum Gasteiger partial charge on any atom is 0.255 e. The predicted molar refractivity (Wildman–Crippen MR) is 140 cm³/mol. The van der Waals surface area contributed by atoms with Crippen molar-refractivity contribution in [1.29, 1.82) is 0 Å². The summed E-state index contributed by atoms with van der Waals surface area (Å²) in [6.07, 6.45) is 6.05. The van der Waals surface area contributed by atoms with Gasteiger partial charge in [0.2, 0.25) is 5.91 Å². The number of benzene rings is 2. The molecule has 0 radical (unpaired) electrons. The average Bonchev–Trinajstić information content (AvgIpc) is 3.01. The molecule has 0 saturated carbocycles. The van der Waals surface area contributed by atoms with Gasteiger partial charge in [0.15, 0.2) is 0 Å². The molecule has 1 aliphatic carbocycles. The Bertz CT molecular complexity index is 1180. The number of nitrogens with one attached hydrogen (secondary N) is 1. The van der Waals surface area contributed by atoms with E-state index in [0.29, 0.717) is 41.4 Å². The van der Waals surface area contributed by atoms with Crippen LogP contribution in [-0.2, 0) is 11.2 Å². The third-order valence-corrected chi connectivity index (χ3v) is 6.49. The highest BCUT2D eigenvalue weighted by molar-refractivity contribution is 6.08. The van der Waals surface area contributed by atoms with E-state index >= 15 is 0 Å². The van der Waals surface area contributed by atoms with Crippen molar-refractivity contribution < 1.29 is 14.7 Å². The van der Waals surface area contributed by atoms with Crippen molar-refractivity contribution >= 4 is 35.1 Å². The zero-order valence-electron chi connectivity index (χ0n) is 20.5. The Labute approximate surface area is 206 Å². The van der Waals surface area contributed by atoms with E-state index in [1.807, 2.05) is 29.2 Å². The monoisotopic (exact) mass is 474 g/mol. The van der Waals surface area contributed by atoms with Gasteiger partial charge in [0.05, 0.1) is 11.8 Å². The van der Waals surface area contributed by atoms with Crippen LogP contribution in [0.5, 0.6) is 0 Å². The van der Waals surface area contributed by atoms with Crippen LogP contribution in [0, 0.1) is 0 Å². The van der Waals surface area contributed by atoms with Gasteiger partial charge in [0.25, 0.3) is 5.91 Å². The molecule has 0 aromatic heterocycles. The number of aliphatic hydroxyl groups is 1. The number of hydrogen-bond acceptors (Lipinski definition) is 5. The quantitative estimate of drug-likeness (QED) is 0.539. The second kappa shape index (κ2) is 10.9. The lowest BCUT2D eigenvalue weighted by molar-refractivity contribution is -0.127. The smallest absolute Gasteiger partial charge is 0.255 e. The molecule has 4 rings (SSSR count). The molecule has 0 fully saturated rings. The fourth-order valence-corrected chi connectivity index (χ4v) is 4.78. The Morgan fingerprint density at radius 3 is 2.66 bits per heavy atom. The molecular weight excluding hydrogens is 440 g/mol. The summed E-state index contributed by atoms with van der Waals surface area (Å²) in [6.45, 7) is 5.52. The molecular formula is C28H34N4O3. The zero-order chi connectivity index (χ0) is 24.9. The van der Waals surface area contributed by atoms with Crippen LogP contribution in [0.4, 0.5) is 11.4 Å². The van der Waals surface area contributed by atoms with E-state index in [4.69, 9.17) is 5.73 Å². The molecule has 0 spiro atoms. The summed E-state index contributed by atoms with van der Waals surface area (Å²) in [5, 5.41) is 13.2. The van der Waals surface area contributed by atoms with Crippen LogP contribution in [0.3, 0.4) is 0 Å². The number of hydrogen-bond donors (Lipinski definition) is 3. The second-order valence-electron chi connectivity index (χ2n) is 9.29. The maximum atomic E-state index is 13.2. The van der Waals surface area contributed by atoms with Crippen LogP contribution in [0.2, 0.25) is 0 Å². The number of fused-ring (bicyclic) bond motifs is 2. The van der Waals surface area contributed by atoms with Crippen LogP contribution in [-0.4, -0.2) is 40.7 Å². The first-order valence-electron chi connectivity index (χ1n) is 12.5. The highest BCUT2D eigenvalue weighted by Gasteiger charge is 2.22. The number of aryl methyl sites for hydroxylation is 1. The van der Waals surface area contributed by atoms with Crippen molar-refractivity contribution in [3.05, 3.63) is 64.2 Å². The largest absolute Gasteiger partial charge is 0.388 e. The van der Waals surface area contributed by atoms with Crippen molar-refractivity contribution in [3.8, 4) is 0 Å². The fourth-order valence-electron chi connectivity index (χ4n) is 4.78. The van der Waals surface area contributed by atoms with E-state index < -0.39 is 6.10 Å². The van der Waals surface area contributed by atoms with Gasteiger partial charge in [-0.25, -0.2) is 4.99 Å². The first-order valence-corrected chi connectivity index (χ1v) is 12.5. The van der Waals surface area contributed by atoms with Crippen molar-refractivity contribution in [3.63, 3.8) is 0 Å². The third-order valence-electron chi connectivity index (χ3n) is 6.49. The normalized spacial score (nSPS) is 16.8. The number of anilines is 1. The molecule has 2 amide bonds. The van der Waals surface area contributed by atoms with Crippen LogP contribution in [0.15, 0.2) is 47.0 Å². The van der Waals surface area contributed by atoms with E-state index in [2.05, 4.69) is 24.2 Å². The molecule has 1 aliphatic heterocycles. The Kier molecular flexibility index (Phi) is 7.66. The van der Waals surface area contributed by atoms with Crippen LogP contribution < -0.4 is 11.1 Å². The van der Waals surface area contributed by atoms with Gasteiger partial charge in [-0.05, 0) is 73.6 Å². The minimum absolute atomic E-state index is 0.0175. The lowest BCUT2D eigenvalue weighted by atomic mass is 9.89. The predicted octanol–water partition coefficient (Wildman–Crippen LogP) is 4.73. The summed E-state index contributed by atoms with van der Waals surface area (Å²) >= 11 is 0. The molecule has 184 valence electrons. The first kappa shape index (κ1) is 24.7. The van der Waals surface area contributed by atoms with Crippen LogP contribution >= 0.6 is 0 Å². The van der Waals surface area contributed by atoms with Crippen LogP contribution in [0.1, 0.15) is 79.1 Å². The Morgan fingerprint density at radius 2 is 1.91 bits per heavy atom. The molecule has 0 bridgehead atoms. The number of amidine groups is 1. The SMILES string of the molecule is CCCN(CCC)C(=O)C1=Cc2ccc(C(=O)Nc3ccc4c(c3)C(O)CCC4)cc2N=C(N)C1. The summed E-state index contributed by atoms with van der Waals surface area (Å²) < 4.78 is 0. The average molecular weight is 475 g/mol. The molecule has 2 aromatic rings. The Hall–Kier alpha value is -3.45. The van der Waals surface area contributed by atoms with E-state index in [0.717, 1.165) is 48.8 Å². The summed E-state index contributed by atoms with van der Waals surface area (Å²) in [5.74, 6) is 0.0575. The van der Waals surface area contributed by atoms with Crippen molar-refractivity contribution in [2.75, 3.05) is 18.4 Å². The molecule has 1 unspecified atom stereocenters. The molecule has 7 heteroatoms. The molecule has 7 nitrogen and oxygen atoms in total. The minimum Gasteiger partial charge on any atom is -0.388 e. The number of rotatable bonds is 7. The Morgan fingerprint density at radius 1 is 1.14 bits per heavy atom. The van der Waals surface area contributed by atoms with Gasteiger partial charge in [0.1, 0.15) is 5.84 Å². The van der Waals surface area contributed by atoms with Gasteiger partial charge in [0, 0.05) is 41.9 Å². The minimum atomic E-state index is -0.491. The maximum absolute atomic E-state index is 13.2. The highest BCUT2D eigenvalue weighted by atomic mass is 16.3. The second-order valence-corrected chi connectivity index (χ2v) is 9.29. The lowest BCUT2D eigenvalue weighted by Crippen LogP contribution is -2.34. The molecule has 2 aromatic carbocycles. The zero-order valence-corrected chi connectivity index (χ0v) is 20.5. The van der Waals surface area contributed by atoms with Crippen molar-refractivity contribution in [2.24, 2.45) is 10.7 Å². The van der Waals surface area contributed by atoms with E-state index in [9.17, 15) is 14.7 Å². The number of carbonyl (C=O) groups is 2. The standard InChI is InChI=1S/C28H34N4O3/c1-3-12-32(13-4-2)28(35)21-14-19-8-9-20(15-24(19)31-26(29)16-21)27(34)30-22-11-10-18-6-5-7-25(33)23(18)17-22/h8-11,14-15,17,25,33H,3-7,12-13,16H2,1-2H3,(H2,29,31)(H,30,34). The van der Waals surface area contributed by atoms with Gasteiger partial charge in [-0.15, -0.1) is 0 Å². The molecule has 2 aliphatic rings. The topological polar surface area (TPSA) is 108 Å². The third kappa shape index (κ3) is 5.62. The van der Waals surface area contributed by atoms with Gasteiger partial charge < -0.3 is 21.1 Å². The van der Waals surface area contributed by atoms with Crippen molar-refractivity contribution in [1.82, 2.24) is 4.90 Å². The summed E-state index contributed by atoms with van der Waals surface area (Å²) in [4.78, 5) is 32.5. The highest BCUT2D eigenvalue weighted by Crippen LogP contribution is 2.32. The number of aliphatic hydroxyl groups excluding tert-OH is 1. The van der Waals surface area contributed by atoms with Gasteiger partial charge in [-0.3, -0.25) is 9.59 Å². The fraction of sp³-hybridized carbons (Fsp3) is 0.393. The molecule has 0 saturated heterocycles. The molecule has 35 heavy (non-hydrogen) atoms. The molecule has 1 heterocycles. The lowest BCUT2D eigenvalue weighted by Gasteiger charge is -2.22. The summed E-state index contributed by atoms with van der Waals surface area (Å²) in [7, 11) is 0. The van der Waals surface area contributed by atoms with E-state index in [1.165, 1.54) is 0 Å². The summed E-state index contributed by atoms with van der Waals surface area (Å²) in [5.41, 5.74) is 11.2. The first-order chi connectivity index (χ1) is 16.9. The number of amides is 2. The van der Waals surface area contributed by atoms with Gasteiger partial charge >= 0.3 is 0 Å². The number of nitrogens with zero attached hydrogens (tertiary/aromatic N) is 2. The molecule has 1 atom stereocenters. The number of nitrogens with two attached hydrogens (primary N) is 1. The van der Waals surface area contributed by atoms with E-state index in [-0.39, 0.29) is 18.2 Å². The number of aliphatic imine (C=N–C) groups is 1. The van der Waals surface area contributed by atoms with Gasteiger partial charge in [-0.2, -0.15) is 0 Å². The van der Waals surface area contributed by atoms with E-state index in [1.54, 1.807) is 18.2 Å².